The Morgan fingerprint density at radius 1 is 0.895 bits per heavy atom. The van der Waals surface area contributed by atoms with Crippen LogP contribution < -0.4 is 9.64 Å². The van der Waals surface area contributed by atoms with Crippen molar-refractivity contribution in [3.05, 3.63) is 54.6 Å². The van der Waals surface area contributed by atoms with Gasteiger partial charge in [-0.3, -0.25) is 4.99 Å². The van der Waals surface area contributed by atoms with Crippen molar-refractivity contribution in [3.8, 4) is 11.5 Å². The van der Waals surface area contributed by atoms with Crippen molar-refractivity contribution < 1.29 is 4.74 Å². The van der Waals surface area contributed by atoms with Crippen LogP contribution in [0.1, 0.15) is 0 Å². The third-order valence-electron chi connectivity index (χ3n) is 2.74. The summed E-state index contributed by atoms with van der Waals surface area (Å²) < 4.78 is 5.74. The molecule has 0 aliphatic carbocycles. The van der Waals surface area contributed by atoms with E-state index in [9.17, 15) is 0 Å². The molecule has 4 nitrogen and oxygen atoms in total. The van der Waals surface area contributed by atoms with E-state index < -0.39 is 0 Å². The predicted octanol–water partition coefficient (Wildman–Crippen LogP) is 3.31. The molecule has 1 aliphatic heterocycles. The van der Waals surface area contributed by atoms with Gasteiger partial charge in [0.2, 0.25) is 0 Å². The van der Waals surface area contributed by atoms with Gasteiger partial charge in [-0.15, -0.1) is 0 Å². The van der Waals surface area contributed by atoms with E-state index in [1.807, 2.05) is 59.5 Å². The Hall–Kier alpha value is -2.62. The molecule has 0 fully saturated rings. The molecule has 0 spiro atoms. The lowest BCUT2D eigenvalue weighted by molar-refractivity contribution is 0.483. The molecule has 2 aromatic carbocycles. The molecule has 1 heterocycles. The molecule has 0 unspecified atom stereocenters. The highest BCUT2D eigenvalue weighted by Crippen LogP contribution is 2.24. The Kier molecular flexibility index (Phi) is 3.23. The average molecular weight is 251 g/mol. The molecule has 0 saturated carbocycles. The Labute approximate surface area is 111 Å². The van der Waals surface area contributed by atoms with Crippen LogP contribution >= 0.6 is 0 Å². The van der Waals surface area contributed by atoms with Crippen molar-refractivity contribution in [1.82, 2.24) is 0 Å². The van der Waals surface area contributed by atoms with Crippen LogP contribution in [0.4, 0.5) is 5.69 Å². The third-order valence-corrected chi connectivity index (χ3v) is 2.74. The van der Waals surface area contributed by atoms with Crippen LogP contribution in [-0.4, -0.2) is 19.3 Å². The summed E-state index contributed by atoms with van der Waals surface area (Å²) in [5, 5.41) is 0. The second-order valence-electron chi connectivity index (χ2n) is 4.08. The SMILES string of the molecule is C1=NC=NCN1c1ccc(Oc2ccccc2)cc1. The van der Waals surface area contributed by atoms with Gasteiger partial charge in [-0.05, 0) is 36.4 Å². The van der Waals surface area contributed by atoms with E-state index >= 15 is 0 Å². The summed E-state index contributed by atoms with van der Waals surface area (Å²) in [6.45, 7) is 0.600. The van der Waals surface area contributed by atoms with Gasteiger partial charge in [0.25, 0.3) is 0 Å². The van der Waals surface area contributed by atoms with E-state index in [1.165, 1.54) is 0 Å². The van der Waals surface area contributed by atoms with Gasteiger partial charge in [-0.1, -0.05) is 18.2 Å². The van der Waals surface area contributed by atoms with Gasteiger partial charge in [0.15, 0.2) is 0 Å². The molecule has 0 saturated heterocycles. The van der Waals surface area contributed by atoms with Crippen LogP contribution in [0.25, 0.3) is 0 Å². The van der Waals surface area contributed by atoms with Gasteiger partial charge in [-0.2, -0.15) is 0 Å². The van der Waals surface area contributed by atoms with Crippen molar-refractivity contribution in [2.24, 2.45) is 9.98 Å². The zero-order valence-corrected chi connectivity index (χ0v) is 10.3. The molecule has 4 heteroatoms. The zero-order valence-electron chi connectivity index (χ0n) is 10.3. The summed E-state index contributed by atoms with van der Waals surface area (Å²) >= 11 is 0. The Morgan fingerprint density at radius 3 is 2.32 bits per heavy atom. The standard InChI is InChI=1S/C15H13N3O/c1-2-4-14(5-3-1)19-15-8-6-13(7-9-15)18-11-16-10-17-12-18/h1-11H,12H2. The number of anilines is 1. The summed E-state index contributed by atoms with van der Waals surface area (Å²) in [6, 6.07) is 17.6. The number of rotatable bonds is 3. The quantitative estimate of drug-likeness (QED) is 0.839. The van der Waals surface area contributed by atoms with Gasteiger partial charge >= 0.3 is 0 Å². The Morgan fingerprint density at radius 2 is 1.63 bits per heavy atom. The van der Waals surface area contributed by atoms with Gasteiger partial charge in [0.05, 0.1) is 6.34 Å². The van der Waals surface area contributed by atoms with Crippen molar-refractivity contribution in [2.75, 3.05) is 11.6 Å². The van der Waals surface area contributed by atoms with E-state index in [2.05, 4.69) is 9.98 Å². The number of benzene rings is 2. The van der Waals surface area contributed by atoms with Crippen LogP contribution in [-0.2, 0) is 0 Å². The summed E-state index contributed by atoms with van der Waals surface area (Å²) in [6.07, 6.45) is 3.32. The van der Waals surface area contributed by atoms with E-state index in [0.29, 0.717) is 6.67 Å². The van der Waals surface area contributed by atoms with E-state index in [-0.39, 0.29) is 0 Å². The monoisotopic (exact) mass is 251 g/mol. The molecular weight excluding hydrogens is 238 g/mol. The number of hydrogen-bond acceptors (Lipinski definition) is 4. The molecule has 0 amide bonds. The highest BCUT2D eigenvalue weighted by molar-refractivity contribution is 5.86. The first-order chi connectivity index (χ1) is 9.42. The predicted molar refractivity (Wildman–Crippen MR) is 77.3 cm³/mol. The number of aliphatic imine (C=N–C) groups is 2. The summed E-state index contributed by atoms with van der Waals surface area (Å²) in [7, 11) is 0. The molecular formula is C15H13N3O. The average Bonchev–Trinajstić information content (AvgIpc) is 2.50. The van der Waals surface area contributed by atoms with Gasteiger partial charge < -0.3 is 9.64 Å². The third kappa shape index (κ3) is 2.80. The normalized spacial score (nSPS) is 13.6. The first-order valence-corrected chi connectivity index (χ1v) is 6.03. The van der Waals surface area contributed by atoms with Crippen LogP contribution in [0.2, 0.25) is 0 Å². The molecule has 0 aromatic heterocycles. The second-order valence-corrected chi connectivity index (χ2v) is 4.08. The summed E-state index contributed by atoms with van der Waals surface area (Å²) in [4.78, 5) is 10.1. The first-order valence-electron chi connectivity index (χ1n) is 6.03. The van der Waals surface area contributed by atoms with E-state index in [0.717, 1.165) is 17.2 Å². The molecule has 0 bridgehead atoms. The van der Waals surface area contributed by atoms with Crippen LogP contribution in [0.15, 0.2) is 64.6 Å². The molecule has 0 atom stereocenters. The maximum Gasteiger partial charge on any atom is 0.127 e. The fraction of sp³-hybridized carbons (Fsp3) is 0.0667. The van der Waals surface area contributed by atoms with Crippen molar-refractivity contribution in [2.45, 2.75) is 0 Å². The molecule has 0 radical (unpaired) electrons. The minimum atomic E-state index is 0.600. The summed E-state index contributed by atoms with van der Waals surface area (Å²) in [5.41, 5.74) is 1.04. The maximum atomic E-state index is 5.74. The lowest BCUT2D eigenvalue weighted by atomic mass is 10.3. The molecule has 94 valence electrons. The topological polar surface area (TPSA) is 37.2 Å². The van der Waals surface area contributed by atoms with Gasteiger partial charge in [-0.25, -0.2) is 4.99 Å². The first kappa shape index (κ1) is 11.5. The van der Waals surface area contributed by atoms with Crippen LogP contribution in [0.5, 0.6) is 11.5 Å². The van der Waals surface area contributed by atoms with Gasteiger partial charge in [0, 0.05) is 5.69 Å². The molecule has 3 rings (SSSR count). The fourth-order valence-corrected chi connectivity index (χ4v) is 1.80. The molecule has 19 heavy (non-hydrogen) atoms. The molecule has 0 N–H and O–H groups in total. The Bertz CT molecular complexity index is 591. The largest absolute Gasteiger partial charge is 0.457 e. The highest BCUT2D eigenvalue weighted by atomic mass is 16.5. The zero-order chi connectivity index (χ0) is 12.9. The van der Waals surface area contributed by atoms with Crippen LogP contribution in [0.3, 0.4) is 0 Å². The Balaban J connectivity index is 1.72. The van der Waals surface area contributed by atoms with Crippen LogP contribution in [0, 0.1) is 0 Å². The summed E-state index contributed by atoms with van der Waals surface area (Å²) in [5.74, 6) is 1.65. The minimum absolute atomic E-state index is 0.600. The van der Waals surface area contributed by atoms with Gasteiger partial charge in [0.1, 0.15) is 24.5 Å². The lowest BCUT2D eigenvalue weighted by Gasteiger charge is -2.18. The van der Waals surface area contributed by atoms with Crippen molar-refractivity contribution in [1.29, 1.82) is 0 Å². The number of nitrogens with zero attached hydrogens (tertiary/aromatic N) is 3. The minimum Gasteiger partial charge on any atom is -0.457 e. The molecule has 1 aliphatic rings. The van der Waals surface area contributed by atoms with E-state index in [4.69, 9.17) is 4.74 Å². The lowest BCUT2D eigenvalue weighted by Crippen LogP contribution is -2.23. The highest BCUT2D eigenvalue weighted by Gasteiger charge is 2.05. The van der Waals surface area contributed by atoms with E-state index in [1.54, 1.807) is 12.7 Å². The van der Waals surface area contributed by atoms with Crippen molar-refractivity contribution >= 4 is 18.4 Å². The van der Waals surface area contributed by atoms with Crippen molar-refractivity contribution in [3.63, 3.8) is 0 Å². The smallest absolute Gasteiger partial charge is 0.127 e. The number of para-hydroxylation sites is 1. The fourth-order valence-electron chi connectivity index (χ4n) is 1.80. The number of ether oxygens (including phenoxy) is 1. The second kappa shape index (κ2) is 5.35. The number of hydrogen-bond donors (Lipinski definition) is 0. The maximum absolute atomic E-state index is 5.74. The molecule has 2 aromatic rings.